The Hall–Kier alpha value is -1.05. The first kappa shape index (κ1) is 22.9. The van der Waals surface area contributed by atoms with E-state index in [4.69, 9.17) is 0 Å². The lowest BCUT2D eigenvalue weighted by Gasteiger charge is -2.17. The van der Waals surface area contributed by atoms with Crippen molar-refractivity contribution in [1.82, 2.24) is 15.6 Å². The fourth-order valence-electron chi connectivity index (χ4n) is 2.34. The van der Waals surface area contributed by atoms with Crippen LogP contribution < -0.4 is 16.0 Å². The average molecular weight is 447 g/mol. The molecule has 0 fully saturated rings. The van der Waals surface area contributed by atoms with Crippen LogP contribution in [0.1, 0.15) is 52.4 Å². The van der Waals surface area contributed by atoms with Crippen LogP contribution in [0.15, 0.2) is 29.4 Å². The smallest absolute Gasteiger partial charge is 0.191 e. The molecule has 138 valence electrons. The highest BCUT2D eigenvalue weighted by molar-refractivity contribution is 14.0. The molecule has 0 saturated heterocycles. The zero-order valence-electron chi connectivity index (χ0n) is 15.3. The Kier molecular flexibility index (Phi) is 14.8. The van der Waals surface area contributed by atoms with Gasteiger partial charge in [-0.25, -0.2) is 4.98 Å². The molecule has 0 aliphatic carbocycles. The quantitative estimate of drug-likeness (QED) is 0.208. The molecular weight excluding hydrogens is 413 g/mol. The lowest BCUT2D eigenvalue weighted by Crippen LogP contribution is -2.42. The number of anilines is 1. The molecule has 6 heteroatoms. The van der Waals surface area contributed by atoms with Crippen LogP contribution in [-0.4, -0.2) is 37.1 Å². The summed E-state index contributed by atoms with van der Waals surface area (Å²) in [5, 5.41) is 10.2. The molecule has 0 spiro atoms. The number of hydrogen-bond acceptors (Lipinski definition) is 3. The summed E-state index contributed by atoms with van der Waals surface area (Å²) in [6.45, 7) is 6.34. The highest BCUT2D eigenvalue weighted by Gasteiger charge is 2.04. The van der Waals surface area contributed by atoms with Crippen molar-refractivity contribution in [2.75, 3.05) is 25.5 Å². The summed E-state index contributed by atoms with van der Waals surface area (Å²) >= 11 is 0. The van der Waals surface area contributed by atoms with Crippen LogP contribution in [0.5, 0.6) is 0 Å². The van der Waals surface area contributed by atoms with Gasteiger partial charge in [0.2, 0.25) is 0 Å². The summed E-state index contributed by atoms with van der Waals surface area (Å²) < 4.78 is 0. The minimum Gasteiger partial charge on any atom is -0.370 e. The molecule has 1 atom stereocenters. The van der Waals surface area contributed by atoms with Gasteiger partial charge in [0.25, 0.3) is 0 Å². The first-order valence-corrected chi connectivity index (χ1v) is 8.88. The highest BCUT2D eigenvalue weighted by atomic mass is 127. The monoisotopic (exact) mass is 447 g/mol. The predicted molar refractivity (Wildman–Crippen MR) is 115 cm³/mol. The van der Waals surface area contributed by atoms with Crippen molar-refractivity contribution in [3.05, 3.63) is 24.4 Å². The van der Waals surface area contributed by atoms with E-state index in [0.717, 1.165) is 37.7 Å². The second kappa shape index (κ2) is 15.5. The summed E-state index contributed by atoms with van der Waals surface area (Å²) in [5.41, 5.74) is 0. The van der Waals surface area contributed by atoms with Gasteiger partial charge in [-0.2, -0.15) is 0 Å². The average Bonchev–Trinajstić information content (AvgIpc) is 2.58. The Morgan fingerprint density at radius 2 is 1.96 bits per heavy atom. The molecule has 1 heterocycles. The molecule has 3 N–H and O–H groups in total. The van der Waals surface area contributed by atoms with Crippen molar-refractivity contribution >= 4 is 35.8 Å². The number of halogens is 1. The molecule has 1 rings (SSSR count). The third kappa shape index (κ3) is 11.5. The second-order valence-electron chi connectivity index (χ2n) is 5.89. The van der Waals surface area contributed by atoms with Crippen LogP contribution in [0.4, 0.5) is 5.82 Å². The fraction of sp³-hybridized carbons (Fsp3) is 0.667. The van der Waals surface area contributed by atoms with Crippen LogP contribution >= 0.6 is 24.0 Å². The molecule has 1 unspecified atom stereocenters. The van der Waals surface area contributed by atoms with E-state index in [1.165, 1.54) is 25.7 Å². The van der Waals surface area contributed by atoms with Crippen LogP contribution in [0, 0.1) is 0 Å². The maximum absolute atomic E-state index is 4.29. The minimum atomic E-state index is 0. The molecule has 0 aliphatic heterocycles. The van der Waals surface area contributed by atoms with Crippen molar-refractivity contribution < 1.29 is 0 Å². The Bertz CT molecular complexity index is 425. The van der Waals surface area contributed by atoms with E-state index in [9.17, 15) is 0 Å². The molecular formula is C18H34IN5. The van der Waals surface area contributed by atoms with E-state index >= 15 is 0 Å². The summed E-state index contributed by atoms with van der Waals surface area (Å²) in [5.74, 6) is 1.85. The van der Waals surface area contributed by atoms with Crippen molar-refractivity contribution in [2.24, 2.45) is 4.99 Å². The van der Waals surface area contributed by atoms with Gasteiger partial charge in [0.1, 0.15) is 5.82 Å². The van der Waals surface area contributed by atoms with E-state index in [0.29, 0.717) is 6.04 Å². The van der Waals surface area contributed by atoms with E-state index in [2.05, 4.69) is 39.8 Å². The van der Waals surface area contributed by atoms with Gasteiger partial charge in [-0.15, -0.1) is 24.0 Å². The summed E-state index contributed by atoms with van der Waals surface area (Å²) in [7, 11) is 1.83. The number of rotatable bonds is 11. The number of unbranched alkanes of at least 4 members (excludes halogenated alkanes) is 3. The van der Waals surface area contributed by atoms with Gasteiger partial charge in [0.15, 0.2) is 5.96 Å². The Morgan fingerprint density at radius 1 is 1.17 bits per heavy atom. The lowest BCUT2D eigenvalue weighted by atomic mass is 10.1. The zero-order chi connectivity index (χ0) is 16.8. The third-order valence-corrected chi connectivity index (χ3v) is 3.71. The summed E-state index contributed by atoms with van der Waals surface area (Å²) in [6, 6.07) is 6.38. The number of nitrogens with one attached hydrogen (secondary N) is 3. The van der Waals surface area contributed by atoms with Crippen LogP contribution in [-0.2, 0) is 0 Å². The van der Waals surface area contributed by atoms with Gasteiger partial charge in [-0.1, -0.05) is 32.3 Å². The molecule has 0 aromatic carbocycles. The maximum Gasteiger partial charge on any atom is 0.191 e. The van der Waals surface area contributed by atoms with E-state index in [-0.39, 0.29) is 24.0 Å². The van der Waals surface area contributed by atoms with E-state index < -0.39 is 0 Å². The van der Waals surface area contributed by atoms with Gasteiger partial charge in [-0.05, 0) is 38.3 Å². The van der Waals surface area contributed by atoms with Gasteiger partial charge < -0.3 is 16.0 Å². The van der Waals surface area contributed by atoms with E-state index in [1.54, 1.807) is 6.20 Å². The van der Waals surface area contributed by atoms with Gasteiger partial charge >= 0.3 is 0 Å². The Balaban J connectivity index is 0.00000529. The minimum absolute atomic E-state index is 0. The van der Waals surface area contributed by atoms with Gasteiger partial charge in [0, 0.05) is 32.4 Å². The standard InChI is InChI=1S/C18H33N5.HI/c1-4-5-6-11-16(2)23-18(19-3)22-15-10-9-14-21-17-12-7-8-13-20-17;/h7-8,12-13,16H,4-6,9-11,14-15H2,1-3H3,(H,20,21)(H2,19,22,23);1H. The van der Waals surface area contributed by atoms with Crippen molar-refractivity contribution in [2.45, 2.75) is 58.4 Å². The molecule has 1 aromatic heterocycles. The van der Waals surface area contributed by atoms with Gasteiger partial charge in [0.05, 0.1) is 0 Å². The molecule has 0 aliphatic rings. The molecule has 0 amide bonds. The van der Waals surface area contributed by atoms with Crippen LogP contribution in [0.3, 0.4) is 0 Å². The molecule has 0 radical (unpaired) electrons. The second-order valence-corrected chi connectivity index (χ2v) is 5.89. The number of aromatic nitrogens is 1. The lowest BCUT2D eigenvalue weighted by molar-refractivity contribution is 0.545. The zero-order valence-corrected chi connectivity index (χ0v) is 17.7. The number of hydrogen-bond donors (Lipinski definition) is 3. The molecule has 5 nitrogen and oxygen atoms in total. The number of guanidine groups is 1. The molecule has 0 saturated carbocycles. The third-order valence-electron chi connectivity index (χ3n) is 3.71. The molecule has 24 heavy (non-hydrogen) atoms. The van der Waals surface area contributed by atoms with Crippen molar-refractivity contribution in [1.29, 1.82) is 0 Å². The topological polar surface area (TPSA) is 61.3 Å². The first-order valence-electron chi connectivity index (χ1n) is 8.88. The number of nitrogens with zero attached hydrogens (tertiary/aromatic N) is 2. The number of pyridine rings is 1. The maximum atomic E-state index is 4.29. The summed E-state index contributed by atoms with van der Waals surface area (Å²) in [4.78, 5) is 8.54. The van der Waals surface area contributed by atoms with Crippen molar-refractivity contribution in [3.63, 3.8) is 0 Å². The largest absolute Gasteiger partial charge is 0.370 e. The van der Waals surface area contributed by atoms with Crippen molar-refractivity contribution in [3.8, 4) is 0 Å². The van der Waals surface area contributed by atoms with Crippen LogP contribution in [0.25, 0.3) is 0 Å². The highest BCUT2D eigenvalue weighted by Crippen LogP contribution is 2.03. The molecule has 0 bridgehead atoms. The van der Waals surface area contributed by atoms with Gasteiger partial charge in [-0.3, -0.25) is 4.99 Å². The Labute approximate surface area is 164 Å². The normalized spacial score (nSPS) is 12.2. The SMILES string of the molecule is CCCCCC(C)NC(=NC)NCCCCNc1ccccn1.I. The Morgan fingerprint density at radius 3 is 2.62 bits per heavy atom. The first-order chi connectivity index (χ1) is 11.3. The summed E-state index contributed by atoms with van der Waals surface area (Å²) in [6.07, 6.45) is 9.07. The predicted octanol–water partition coefficient (Wildman–Crippen LogP) is 4.03. The number of aliphatic imine (C=N–C) groups is 1. The fourth-order valence-corrected chi connectivity index (χ4v) is 2.34. The van der Waals surface area contributed by atoms with E-state index in [1.807, 2.05) is 25.2 Å². The van der Waals surface area contributed by atoms with Crippen LogP contribution in [0.2, 0.25) is 0 Å². The molecule has 1 aromatic rings.